The van der Waals surface area contributed by atoms with Gasteiger partial charge < -0.3 is 9.30 Å². The van der Waals surface area contributed by atoms with Crippen LogP contribution in [0.25, 0.3) is 28.0 Å². The van der Waals surface area contributed by atoms with Crippen LogP contribution >= 0.6 is 11.6 Å². The predicted octanol–water partition coefficient (Wildman–Crippen LogP) is 6.42. The van der Waals surface area contributed by atoms with Gasteiger partial charge in [-0.25, -0.2) is 9.37 Å². The Hall–Kier alpha value is -4.00. The van der Waals surface area contributed by atoms with Gasteiger partial charge >= 0.3 is 0 Å². The van der Waals surface area contributed by atoms with Gasteiger partial charge in [-0.1, -0.05) is 60.1 Å². The molecule has 1 amide bonds. The highest BCUT2D eigenvalue weighted by Gasteiger charge is 2.25. The van der Waals surface area contributed by atoms with Crippen molar-refractivity contribution in [3.05, 3.63) is 119 Å². The van der Waals surface area contributed by atoms with Gasteiger partial charge in [0.2, 0.25) is 0 Å². The van der Waals surface area contributed by atoms with Crippen molar-refractivity contribution in [2.45, 2.75) is 6.54 Å². The molecule has 0 aliphatic carbocycles. The summed E-state index contributed by atoms with van der Waals surface area (Å²) in [6.07, 6.45) is 2.15. The second kappa shape index (κ2) is 10.4. The zero-order valence-corrected chi connectivity index (χ0v) is 21.5. The second-order valence-corrected chi connectivity index (χ2v) is 9.94. The molecule has 1 aliphatic rings. The Kier molecular flexibility index (Phi) is 6.66. The Morgan fingerprint density at radius 2 is 1.55 bits per heavy atom. The molecule has 0 N–H and O–H groups in total. The minimum Gasteiger partial charge on any atom is -0.336 e. The topological polar surface area (TPSA) is 40.9 Å². The molecule has 6 rings (SSSR count). The highest BCUT2D eigenvalue weighted by atomic mass is 35.5. The van der Waals surface area contributed by atoms with E-state index in [0.717, 1.165) is 33.7 Å². The summed E-state index contributed by atoms with van der Waals surface area (Å²) in [5, 5.41) is 0.685. The van der Waals surface area contributed by atoms with Crippen LogP contribution in [0.1, 0.15) is 16.1 Å². The van der Waals surface area contributed by atoms with Crippen LogP contribution in [0.4, 0.5) is 4.39 Å². The van der Waals surface area contributed by atoms with Crippen LogP contribution in [0.3, 0.4) is 0 Å². The lowest BCUT2D eigenvalue weighted by Gasteiger charge is -2.34. The summed E-state index contributed by atoms with van der Waals surface area (Å²) in [6.45, 7) is 3.27. The number of imidazole rings is 1. The molecule has 5 aromatic rings. The van der Waals surface area contributed by atoms with Crippen LogP contribution in [0.2, 0.25) is 5.02 Å². The lowest BCUT2D eigenvalue weighted by atomic mass is 10.1. The maximum atomic E-state index is 13.6. The number of benzene rings is 3. The van der Waals surface area contributed by atoms with Gasteiger partial charge in [-0.3, -0.25) is 9.69 Å². The first kappa shape index (κ1) is 24.3. The normalized spacial score (nSPS) is 14.2. The summed E-state index contributed by atoms with van der Waals surface area (Å²) in [5.41, 5.74) is 6.55. The molecule has 1 aliphatic heterocycles. The zero-order chi connectivity index (χ0) is 26.1. The number of carbonyl (C=O) groups is 1. The first-order valence-corrected chi connectivity index (χ1v) is 13.0. The second-order valence-electron chi connectivity index (χ2n) is 9.50. The molecule has 2 aromatic heterocycles. The van der Waals surface area contributed by atoms with Crippen LogP contribution in [0, 0.1) is 5.82 Å². The molecule has 3 heterocycles. The first-order chi connectivity index (χ1) is 18.5. The van der Waals surface area contributed by atoms with Crippen LogP contribution in [-0.4, -0.2) is 51.3 Å². The molecule has 1 fully saturated rings. The molecule has 0 radical (unpaired) electrons. The van der Waals surface area contributed by atoms with Crippen molar-refractivity contribution in [2.24, 2.45) is 0 Å². The fourth-order valence-corrected chi connectivity index (χ4v) is 5.14. The number of fused-ring (bicyclic) bond motifs is 1. The number of carbonyl (C=O) groups excluding carboxylic acids is 1. The number of rotatable bonds is 5. The number of halogens is 2. The predicted molar refractivity (Wildman–Crippen MR) is 149 cm³/mol. The largest absolute Gasteiger partial charge is 0.336 e. The van der Waals surface area contributed by atoms with Crippen molar-refractivity contribution >= 4 is 23.2 Å². The molecule has 3 aromatic carbocycles. The van der Waals surface area contributed by atoms with Crippen LogP contribution in [-0.2, 0) is 6.54 Å². The molecule has 190 valence electrons. The minimum atomic E-state index is -0.397. The smallest absolute Gasteiger partial charge is 0.254 e. The average molecular weight is 525 g/mol. The van der Waals surface area contributed by atoms with Crippen LogP contribution in [0.15, 0.2) is 97.2 Å². The van der Waals surface area contributed by atoms with E-state index >= 15 is 0 Å². The SMILES string of the molecule is O=C(c1cccc(F)c1)N1CCN(Cc2c(-c3ccc(Cl)cc3)nc3ccc(-c4ccccc4)cn23)CC1. The Morgan fingerprint density at radius 3 is 2.29 bits per heavy atom. The maximum absolute atomic E-state index is 13.6. The molecular weight excluding hydrogens is 499 g/mol. The van der Waals surface area contributed by atoms with Gasteiger partial charge in [-0.05, 0) is 53.6 Å². The molecule has 0 saturated carbocycles. The van der Waals surface area contributed by atoms with Crippen LogP contribution in [0.5, 0.6) is 0 Å². The summed E-state index contributed by atoms with van der Waals surface area (Å²) in [7, 11) is 0. The van der Waals surface area contributed by atoms with E-state index in [0.29, 0.717) is 43.3 Å². The van der Waals surface area contributed by atoms with Gasteiger partial charge in [-0.2, -0.15) is 0 Å². The van der Waals surface area contributed by atoms with Crippen molar-refractivity contribution in [1.82, 2.24) is 19.2 Å². The number of hydrogen-bond acceptors (Lipinski definition) is 3. The van der Waals surface area contributed by atoms with E-state index in [1.54, 1.807) is 17.0 Å². The fraction of sp³-hybridized carbons (Fsp3) is 0.161. The molecule has 38 heavy (non-hydrogen) atoms. The summed E-state index contributed by atoms with van der Waals surface area (Å²) in [4.78, 5) is 22.0. The van der Waals surface area contributed by atoms with E-state index in [-0.39, 0.29) is 5.91 Å². The Morgan fingerprint density at radius 1 is 0.816 bits per heavy atom. The van der Waals surface area contributed by atoms with Gasteiger partial charge in [0, 0.05) is 55.1 Å². The Balaban J connectivity index is 1.29. The first-order valence-electron chi connectivity index (χ1n) is 12.6. The van der Waals surface area contributed by atoms with E-state index in [2.05, 4.69) is 39.8 Å². The van der Waals surface area contributed by atoms with E-state index < -0.39 is 5.82 Å². The summed E-state index contributed by atoms with van der Waals surface area (Å²) < 4.78 is 15.8. The van der Waals surface area contributed by atoms with Crippen molar-refractivity contribution in [3.8, 4) is 22.4 Å². The van der Waals surface area contributed by atoms with Gasteiger partial charge in [0.05, 0.1) is 11.4 Å². The molecule has 1 saturated heterocycles. The molecule has 5 nitrogen and oxygen atoms in total. The lowest BCUT2D eigenvalue weighted by molar-refractivity contribution is 0.0626. The molecule has 0 bridgehead atoms. The zero-order valence-electron chi connectivity index (χ0n) is 20.7. The Labute approximate surface area is 225 Å². The average Bonchev–Trinajstić information content (AvgIpc) is 3.31. The standard InChI is InChI=1S/C31H26ClFN4O/c32-26-12-9-23(10-13-26)30-28(37-20-25(11-14-29(37)34-30)22-5-2-1-3-6-22)21-35-15-17-36(18-16-35)31(38)24-7-4-8-27(33)19-24/h1-14,19-20H,15-18,21H2. The van der Waals surface area contributed by atoms with Gasteiger partial charge in [0.1, 0.15) is 11.5 Å². The van der Waals surface area contributed by atoms with E-state index in [1.165, 1.54) is 12.1 Å². The van der Waals surface area contributed by atoms with Crippen LogP contribution < -0.4 is 0 Å². The molecule has 0 unspecified atom stereocenters. The summed E-state index contributed by atoms with van der Waals surface area (Å²) in [5.74, 6) is -0.528. The number of piperazine rings is 1. The van der Waals surface area contributed by atoms with Crippen molar-refractivity contribution in [2.75, 3.05) is 26.2 Å². The minimum absolute atomic E-state index is 0.131. The third-order valence-electron chi connectivity index (χ3n) is 7.05. The number of hydrogen-bond donors (Lipinski definition) is 0. The number of nitrogens with zero attached hydrogens (tertiary/aromatic N) is 4. The maximum Gasteiger partial charge on any atom is 0.254 e. The highest BCUT2D eigenvalue weighted by molar-refractivity contribution is 6.30. The van der Waals surface area contributed by atoms with Crippen molar-refractivity contribution in [1.29, 1.82) is 0 Å². The molecule has 0 atom stereocenters. The van der Waals surface area contributed by atoms with Crippen molar-refractivity contribution in [3.63, 3.8) is 0 Å². The monoisotopic (exact) mass is 524 g/mol. The third kappa shape index (κ3) is 4.93. The highest BCUT2D eigenvalue weighted by Crippen LogP contribution is 2.29. The molecule has 7 heteroatoms. The number of amides is 1. The summed E-state index contributed by atoms with van der Waals surface area (Å²) >= 11 is 6.17. The summed E-state index contributed by atoms with van der Waals surface area (Å²) in [6, 6.07) is 28.1. The molecular formula is C31H26ClFN4O. The Bertz CT molecular complexity index is 1590. The molecule has 0 spiro atoms. The van der Waals surface area contributed by atoms with Gasteiger partial charge in [-0.15, -0.1) is 0 Å². The van der Waals surface area contributed by atoms with E-state index in [4.69, 9.17) is 16.6 Å². The van der Waals surface area contributed by atoms with Gasteiger partial charge in [0.25, 0.3) is 5.91 Å². The van der Waals surface area contributed by atoms with E-state index in [1.807, 2.05) is 42.5 Å². The lowest BCUT2D eigenvalue weighted by Crippen LogP contribution is -2.48. The quantitative estimate of drug-likeness (QED) is 0.266. The van der Waals surface area contributed by atoms with E-state index in [9.17, 15) is 9.18 Å². The number of aromatic nitrogens is 2. The fourth-order valence-electron chi connectivity index (χ4n) is 5.01. The van der Waals surface area contributed by atoms with Crippen molar-refractivity contribution < 1.29 is 9.18 Å². The van der Waals surface area contributed by atoms with Gasteiger partial charge in [0.15, 0.2) is 0 Å². The number of pyridine rings is 1. The third-order valence-corrected chi connectivity index (χ3v) is 7.30.